The van der Waals surface area contributed by atoms with Gasteiger partial charge in [-0.15, -0.1) is 0 Å². The average molecular weight is 456 g/mol. The van der Waals surface area contributed by atoms with Crippen LogP contribution in [0.3, 0.4) is 0 Å². The zero-order valence-corrected chi connectivity index (χ0v) is 17.0. The van der Waals surface area contributed by atoms with E-state index in [9.17, 15) is 30.0 Å². The van der Waals surface area contributed by atoms with Gasteiger partial charge in [0.2, 0.25) is 0 Å². The Balaban J connectivity index is 1.96. The van der Waals surface area contributed by atoms with Crippen LogP contribution in [0.25, 0.3) is 0 Å². The summed E-state index contributed by atoms with van der Waals surface area (Å²) in [5.41, 5.74) is -0.204. The summed E-state index contributed by atoms with van der Waals surface area (Å²) in [5, 5.41) is 0. The van der Waals surface area contributed by atoms with Crippen molar-refractivity contribution in [2.45, 2.75) is 16.7 Å². The molecule has 6 nitrogen and oxygen atoms in total. The highest BCUT2D eigenvalue weighted by molar-refractivity contribution is 7.93. The lowest BCUT2D eigenvalue weighted by atomic mass is 10.2. The van der Waals surface area contributed by atoms with Crippen molar-refractivity contribution in [3.63, 3.8) is 0 Å². The minimum absolute atomic E-state index is 0.182. The van der Waals surface area contributed by atoms with Crippen molar-refractivity contribution in [2.24, 2.45) is 0 Å². The van der Waals surface area contributed by atoms with E-state index in [2.05, 4.69) is 9.44 Å². The van der Waals surface area contributed by atoms with Crippen LogP contribution in [-0.2, 0) is 20.0 Å². The summed E-state index contributed by atoms with van der Waals surface area (Å²) in [6.45, 7) is 1.47. The zero-order chi connectivity index (χ0) is 22.1. The lowest BCUT2D eigenvalue weighted by Crippen LogP contribution is -2.17. The number of rotatable bonds is 6. The van der Waals surface area contributed by atoms with Crippen LogP contribution in [0.4, 0.5) is 24.5 Å². The third-order valence-corrected chi connectivity index (χ3v) is 6.95. The van der Waals surface area contributed by atoms with Crippen LogP contribution >= 0.6 is 0 Å². The highest BCUT2D eigenvalue weighted by atomic mass is 32.2. The number of anilines is 2. The van der Waals surface area contributed by atoms with Crippen molar-refractivity contribution in [1.82, 2.24) is 0 Å². The minimum atomic E-state index is -4.47. The van der Waals surface area contributed by atoms with E-state index >= 15 is 0 Å². The van der Waals surface area contributed by atoms with Crippen molar-refractivity contribution >= 4 is 31.4 Å². The van der Waals surface area contributed by atoms with Crippen LogP contribution in [0.2, 0.25) is 0 Å². The fourth-order valence-electron chi connectivity index (χ4n) is 2.60. The third-order valence-electron chi connectivity index (χ3n) is 4.03. The van der Waals surface area contributed by atoms with Gasteiger partial charge in [-0.2, -0.15) is 0 Å². The van der Waals surface area contributed by atoms with E-state index in [0.29, 0.717) is 6.07 Å². The normalized spacial score (nSPS) is 11.9. The summed E-state index contributed by atoms with van der Waals surface area (Å²) in [4.78, 5) is -1.12. The number of benzene rings is 3. The van der Waals surface area contributed by atoms with E-state index in [1.807, 2.05) is 0 Å². The molecule has 11 heteroatoms. The maximum atomic E-state index is 13.9. The Morgan fingerprint density at radius 3 is 2.03 bits per heavy atom. The van der Waals surface area contributed by atoms with Gasteiger partial charge in [-0.05, 0) is 48.9 Å². The summed E-state index contributed by atoms with van der Waals surface area (Å²) in [5.74, 6) is -3.04. The molecule has 3 rings (SSSR count). The number of halogens is 3. The molecule has 0 unspecified atom stereocenters. The fraction of sp³-hybridized carbons (Fsp3) is 0.0526. The predicted octanol–water partition coefficient (Wildman–Crippen LogP) is 4.01. The first-order valence-corrected chi connectivity index (χ1v) is 11.3. The predicted molar refractivity (Wildman–Crippen MR) is 106 cm³/mol. The van der Waals surface area contributed by atoms with Gasteiger partial charge in [0.1, 0.15) is 22.3 Å². The Morgan fingerprint density at radius 2 is 1.37 bits per heavy atom. The molecule has 158 valence electrons. The van der Waals surface area contributed by atoms with Crippen molar-refractivity contribution in [2.75, 3.05) is 9.44 Å². The van der Waals surface area contributed by atoms with Gasteiger partial charge < -0.3 is 0 Å². The van der Waals surface area contributed by atoms with Crippen LogP contribution in [0.15, 0.2) is 70.5 Å². The summed E-state index contributed by atoms with van der Waals surface area (Å²) >= 11 is 0. The standard InChI is InChI=1S/C19H15F3N2O4S2/c1-12-6-8-14(23-29(25,26)18-9-7-13(20)10-16(18)22)11-19(12)30(27,28)24-17-5-3-2-4-15(17)21/h2-11,23-24H,1H3. The topological polar surface area (TPSA) is 92.3 Å². The van der Waals surface area contributed by atoms with Gasteiger partial charge in [0.05, 0.1) is 16.3 Å². The molecule has 0 fully saturated rings. The number of aryl methyl sites for hydroxylation is 1. The minimum Gasteiger partial charge on any atom is -0.279 e. The highest BCUT2D eigenvalue weighted by Crippen LogP contribution is 2.26. The summed E-state index contributed by atoms with van der Waals surface area (Å²) in [6.07, 6.45) is 0. The van der Waals surface area contributed by atoms with Gasteiger partial charge in [0.15, 0.2) is 0 Å². The molecule has 0 heterocycles. The molecule has 0 aliphatic carbocycles. The summed E-state index contributed by atoms with van der Waals surface area (Å²) in [6, 6.07) is 10.7. The second-order valence-electron chi connectivity index (χ2n) is 6.25. The molecule has 0 aromatic heterocycles. The number of nitrogens with one attached hydrogen (secondary N) is 2. The second-order valence-corrected chi connectivity index (χ2v) is 9.55. The molecule has 0 aliphatic heterocycles. The SMILES string of the molecule is Cc1ccc(NS(=O)(=O)c2ccc(F)cc2F)cc1S(=O)(=O)Nc1ccccc1F. The molecule has 3 aromatic carbocycles. The molecular formula is C19H15F3N2O4S2. The van der Waals surface area contributed by atoms with Crippen molar-refractivity contribution < 1.29 is 30.0 Å². The maximum absolute atomic E-state index is 13.9. The Kier molecular flexibility index (Phi) is 5.77. The first-order chi connectivity index (χ1) is 14.0. The molecule has 0 amide bonds. The van der Waals surface area contributed by atoms with Gasteiger partial charge in [-0.25, -0.2) is 30.0 Å². The Morgan fingerprint density at radius 1 is 0.700 bits per heavy atom. The second kappa shape index (κ2) is 8.00. The molecule has 0 radical (unpaired) electrons. The first-order valence-electron chi connectivity index (χ1n) is 8.35. The lowest BCUT2D eigenvalue weighted by Gasteiger charge is -2.14. The van der Waals surface area contributed by atoms with E-state index < -0.39 is 42.4 Å². The molecular weight excluding hydrogens is 441 g/mol. The van der Waals surface area contributed by atoms with Crippen LogP contribution < -0.4 is 9.44 Å². The highest BCUT2D eigenvalue weighted by Gasteiger charge is 2.23. The van der Waals surface area contributed by atoms with Gasteiger partial charge in [0.25, 0.3) is 20.0 Å². The quantitative estimate of drug-likeness (QED) is 0.586. The number of hydrogen-bond acceptors (Lipinski definition) is 4. The van der Waals surface area contributed by atoms with Crippen LogP contribution in [0, 0.1) is 24.4 Å². The lowest BCUT2D eigenvalue weighted by molar-refractivity contribution is 0.551. The molecule has 2 N–H and O–H groups in total. The van der Waals surface area contributed by atoms with Crippen LogP contribution in [-0.4, -0.2) is 16.8 Å². The van der Waals surface area contributed by atoms with E-state index in [0.717, 1.165) is 24.3 Å². The van der Waals surface area contributed by atoms with E-state index in [-0.39, 0.29) is 21.8 Å². The van der Waals surface area contributed by atoms with Crippen molar-refractivity contribution in [3.05, 3.63) is 83.7 Å². The molecule has 0 spiro atoms. The van der Waals surface area contributed by atoms with Gasteiger partial charge >= 0.3 is 0 Å². The monoisotopic (exact) mass is 456 g/mol. The molecule has 0 aliphatic rings. The van der Waals surface area contributed by atoms with Crippen molar-refractivity contribution in [3.8, 4) is 0 Å². The molecule has 0 saturated carbocycles. The van der Waals surface area contributed by atoms with Crippen LogP contribution in [0.1, 0.15) is 5.56 Å². The third kappa shape index (κ3) is 4.57. The van der Waals surface area contributed by atoms with E-state index in [1.165, 1.54) is 37.3 Å². The molecule has 0 atom stereocenters. The Hall–Kier alpha value is -3.05. The summed E-state index contributed by atoms with van der Waals surface area (Å²) < 4.78 is 95.1. The van der Waals surface area contributed by atoms with E-state index in [4.69, 9.17) is 0 Å². The van der Waals surface area contributed by atoms with Crippen LogP contribution in [0.5, 0.6) is 0 Å². The summed E-state index contributed by atoms with van der Waals surface area (Å²) in [7, 11) is -8.74. The number of hydrogen-bond donors (Lipinski definition) is 2. The Labute approximate surface area is 171 Å². The fourth-order valence-corrected chi connectivity index (χ4v) is 5.05. The zero-order valence-electron chi connectivity index (χ0n) is 15.4. The maximum Gasteiger partial charge on any atom is 0.264 e. The number of sulfonamides is 2. The van der Waals surface area contributed by atoms with Gasteiger partial charge in [-0.3, -0.25) is 9.44 Å². The molecule has 0 saturated heterocycles. The smallest absolute Gasteiger partial charge is 0.264 e. The van der Waals surface area contributed by atoms with Crippen molar-refractivity contribution in [1.29, 1.82) is 0 Å². The van der Waals surface area contributed by atoms with E-state index in [1.54, 1.807) is 0 Å². The largest absolute Gasteiger partial charge is 0.279 e. The van der Waals surface area contributed by atoms with Gasteiger partial charge in [-0.1, -0.05) is 18.2 Å². The molecule has 30 heavy (non-hydrogen) atoms. The average Bonchev–Trinajstić information content (AvgIpc) is 2.64. The first kappa shape index (κ1) is 21.7. The Bertz CT molecular complexity index is 1330. The van der Waals surface area contributed by atoms with Gasteiger partial charge in [0, 0.05) is 6.07 Å². The molecule has 3 aromatic rings. The number of para-hydroxylation sites is 1. The molecule has 0 bridgehead atoms.